The van der Waals surface area contributed by atoms with Gasteiger partial charge in [0.25, 0.3) is 0 Å². The van der Waals surface area contributed by atoms with E-state index >= 15 is 0 Å². The molecule has 0 fully saturated rings. The molecule has 0 aromatic carbocycles. The Bertz CT molecular complexity index is 99.9. The summed E-state index contributed by atoms with van der Waals surface area (Å²) in [5.74, 6) is 0.438. The van der Waals surface area contributed by atoms with Crippen LogP contribution in [0.25, 0.3) is 0 Å². The molecule has 12 heavy (non-hydrogen) atoms. The van der Waals surface area contributed by atoms with Crippen molar-refractivity contribution in [2.75, 3.05) is 13.2 Å². The number of rotatable bonds is 3. The molecule has 0 spiro atoms. The fourth-order valence-corrected chi connectivity index (χ4v) is 0.461. The highest BCUT2D eigenvalue weighted by Gasteiger charge is 1.86. The van der Waals surface area contributed by atoms with Crippen LogP contribution >= 0.6 is 0 Å². The van der Waals surface area contributed by atoms with Crippen molar-refractivity contribution in [1.29, 1.82) is 0 Å². The first-order valence-corrected chi connectivity index (χ1v) is 4.28. The van der Waals surface area contributed by atoms with Crippen LogP contribution < -0.4 is 0 Å². The van der Waals surface area contributed by atoms with Crippen LogP contribution in [0.4, 0.5) is 0 Å². The van der Waals surface area contributed by atoms with Gasteiger partial charge >= 0.3 is 5.97 Å². The Labute approximate surface area is 74.7 Å². The van der Waals surface area contributed by atoms with Gasteiger partial charge in [0.05, 0.1) is 6.61 Å². The van der Waals surface area contributed by atoms with Gasteiger partial charge in [-0.05, 0) is 19.3 Å². The molecular weight excluding hydrogens is 156 g/mol. The number of carbonyl (C=O) groups is 1. The second-order valence-electron chi connectivity index (χ2n) is 2.83. The molecule has 0 saturated carbocycles. The van der Waals surface area contributed by atoms with E-state index in [1.807, 2.05) is 0 Å². The molecule has 3 heteroatoms. The van der Waals surface area contributed by atoms with Gasteiger partial charge in [0.2, 0.25) is 0 Å². The zero-order valence-electron chi connectivity index (χ0n) is 8.46. The van der Waals surface area contributed by atoms with Gasteiger partial charge < -0.3 is 9.84 Å². The van der Waals surface area contributed by atoms with Crippen molar-refractivity contribution in [3.8, 4) is 0 Å². The van der Waals surface area contributed by atoms with Gasteiger partial charge in [-0.25, -0.2) is 0 Å². The number of hydrogen-bond acceptors (Lipinski definition) is 3. The van der Waals surface area contributed by atoms with Gasteiger partial charge in [-0.15, -0.1) is 0 Å². The maximum Gasteiger partial charge on any atom is 0.302 e. The van der Waals surface area contributed by atoms with Crippen LogP contribution in [0.5, 0.6) is 0 Å². The monoisotopic (exact) mass is 176 g/mol. The molecule has 74 valence electrons. The third kappa shape index (κ3) is 22.7. The lowest BCUT2D eigenvalue weighted by atomic mass is 10.2. The van der Waals surface area contributed by atoms with Gasteiger partial charge in [-0.1, -0.05) is 13.8 Å². The van der Waals surface area contributed by atoms with Crippen LogP contribution in [0.3, 0.4) is 0 Å². The maximum absolute atomic E-state index is 9.82. The lowest BCUT2D eigenvalue weighted by Gasteiger charge is -1.95. The SMILES string of the molecule is CC(C)CCO.CCOC(C)=O. The molecule has 0 aliphatic rings. The van der Waals surface area contributed by atoms with Crippen molar-refractivity contribution >= 4 is 5.97 Å². The minimum absolute atomic E-state index is 0.211. The average Bonchev–Trinajstić information content (AvgIpc) is 1.87. The molecule has 0 aromatic rings. The van der Waals surface area contributed by atoms with Gasteiger partial charge in [-0.3, -0.25) is 4.79 Å². The predicted molar refractivity (Wildman–Crippen MR) is 48.8 cm³/mol. The molecule has 3 nitrogen and oxygen atoms in total. The normalized spacial score (nSPS) is 8.83. The van der Waals surface area contributed by atoms with Crippen LogP contribution in [0, 0.1) is 5.92 Å². The second kappa shape index (κ2) is 10.4. The number of aliphatic hydroxyl groups is 1. The van der Waals surface area contributed by atoms with Crippen LogP contribution in [0.2, 0.25) is 0 Å². The molecule has 0 aromatic heterocycles. The van der Waals surface area contributed by atoms with Gasteiger partial charge in [0, 0.05) is 13.5 Å². The number of hydrogen-bond donors (Lipinski definition) is 1. The molecule has 0 atom stereocenters. The fourth-order valence-electron chi connectivity index (χ4n) is 0.461. The highest BCUT2D eigenvalue weighted by atomic mass is 16.5. The quantitative estimate of drug-likeness (QED) is 0.664. The smallest absolute Gasteiger partial charge is 0.302 e. The Hall–Kier alpha value is -0.570. The molecule has 0 saturated heterocycles. The van der Waals surface area contributed by atoms with Crippen molar-refractivity contribution in [3.63, 3.8) is 0 Å². The number of aliphatic hydroxyl groups excluding tert-OH is 1. The third-order valence-electron chi connectivity index (χ3n) is 1.05. The van der Waals surface area contributed by atoms with Crippen LogP contribution in [-0.4, -0.2) is 24.3 Å². The predicted octanol–water partition coefficient (Wildman–Crippen LogP) is 1.59. The topological polar surface area (TPSA) is 46.5 Å². The average molecular weight is 176 g/mol. The molecular formula is C9H20O3. The summed E-state index contributed by atoms with van der Waals surface area (Å²) >= 11 is 0. The summed E-state index contributed by atoms with van der Waals surface area (Å²) in [6, 6.07) is 0. The first-order valence-electron chi connectivity index (χ1n) is 4.28. The minimum Gasteiger partial charge on any atom is -0.466 e. The molecule has 0 unspecified atom stereocenters. The van der Waals surface area contributed by atoms with Crippen molar-refractivity contribution in [2.45, 2.75) is 34.1 Å². The lowest BCUT2D eigenvalue weighted by Crippen LogP contribution is -1.95. The summed E-state index contributed by atoms with van der Waals surface area (Å²) in [6.45, 7) is 8.17. The number of ether oxygens (including phenoxy) is 1. The standard InChI is InChI=1S/C5H12O.C4H8O2/c1-5(2)3-4-6;1-3-6-4(2)5/h5-6H,3-4H2,1-2H3;3H2,1-2H3. The van der Waals surface area contributed by atoms with E-state index in [0.29, 0.717) is 19.1 Å². The van der Waals surface area contributed by atoms with Gasteiger partial charge in [-0.2, -0.15) is 0 Å². The summed E-state index contributed by atoms with van der Waals surface area (Å²) in [7, 11) is 0. The van der Waals surface area contributed by atoms with Crippen molar-refractivity contribution in [2.24, 2.45) is 5.92 Å². The Morgan fingerprint density at radius 2 is 2.00 bits per heavy atom. The molecule has 0 rings (SSSR count). The molecule has 0 heterocycles. The highest BCUT2D eigenvalue weighted by molar-refractivity contribution is 5.65. The summed E-state index contributed by atoms with van der Waals surface area (Å²) in [6.07, 6.45) is 0.931. The Morgan fingerprint density at radius 1 is 1.50 bits per heavy atom. The van der Waals surface area contributed by atoms with Crippen LogP contribution in [0.1, 0.15) is 34.1 Å². The van der Waals surface area contributed by atoms with E-state index in [-0.39, 0.29) is 5.97 Å². The summed E-state index contributed by atoms with van der Waals surface area (Å²) in [5.41, 5.74) is 0. The van der Waals surface area contributed by atoms with E-state index in [4.69, 9.17) is 5.11 Å². The van der Waals surface area contributed by atoms with Crippen molar-refractivity contribution < 1.29 is 14.6 Å². The van der Waals surface area contributed by atoms with E-state index in [0.717, 1.165) is 6.42 Å². The molecule has 0 aliphatic carbocycles. The fraction of sp³-hybridized carbons (Fsp3) is 0.889. The summed E-state index contributed by atoms with van der Waals surface area (Å²) in [5, 5.41) is 8.24. The second-order valence-corrected chi connectivity index (χ2v) is 2.83. The van der Waals surface area contributed by atoms with E-state index < -0.39 is 0 Å². The zero-order chi connectivity index (χ0) is 9.98. The highest BCUT2D eigenvalue weighted by Crippen LogP contribution is 1.94. The molecule has 0 bridgehead atoms. The maximum atomic E-state index is 9.82. The van der Waals surface area contributed by atoms with Gasteiger partial charge in [0.15, 0.2) is 0 Å². The zero-order valence-corrected chi connectivity index (χ0v) is 8.46. The Morgan fingerprint density at radius 3 is 2.00 bits per heavy atom. The molecule has 0 amide bonds. The van der Waals surface area contributed by atoms with Crippen molar-refractivity contribution in [3.05, 3.63) is 0 Å². The van der Waals surface area contributed by atoms with E-state index in [1.165, 1.54) is 6.92 Å². The minimum atomic E-state index is -0.211. The van der Waals surface area contributed by atoms with Crippen molar-refractivity contribution in [1.82, 2.24) is 0 Å². The van der Waals surface area contributed by atoms with E-state index in [1.54, 1.807) is 6.92 Å². The third-order valence-corrected chi connectivity index (χ3v) is 1.05. The largest absolute Gasteiger partial charge is 0.466 e. The molecule has 0 radical (unpaired) electrons. The first-order chi connectivity index (χ1) is 5.54. The number of carbonyl (C=O) groups excluding carboxylic acids is 1. The van der Waals surface area contributed by atoms with Gasteiger partial charge in [0.1, 0.15) is 0 Å². The number of esters is 1. The Balaban J connectivity index is 0. The lowest BCUT2D eigenvalue weighted by molar-refractivity contribution is -0.140. The summed E-state index contributed by atoms with van der Waals surface area (Å²) in [4.78, 5) is 9.82. The Kier molecular flexibility index (Phi) is 12.2. The van der Waals surface area contributed by atoms with E-state index in [9.17, 15) is 4.79 Å². The van der Waals surface area contributed by atoms with E-state index in [2.05, 4.69) is 18.6 Å². The first kappa shape index (κ1) is 14.0. The molecule has 1 N–H and O–H groups in total. The van der Waals surface area contributed by atoms with Crippen LogP contribution in [-0.2, 0) is 9.53 Å². The summed E-state index contributed by atoms with van der Waals surface area (Å²) < 4.78 is 4.40. The molecule has 0 aliphatic heterocycles. The van der Waals surface area contributed by atoms with Crippen LogP contribution in [0.15, 0.2) is 0 Å².